The summed E-state index contributed by atoms with van der Waals surface area (Å²) in [6, 6.07) is 4.78. The molecule has 19 heavy (non-hydrogen) atoms. The number of guanidine groups is 1. The number of nitro benzene ring substituents is 1. The summed E-state index contributed by atoms with van der Waals surface area (Å²) in [5, 5.41) is 29.9. The third kappa shape index (κ3) is 4.55. The maximum atomic E-state index is 11.5. The predicted octanol–water partition coefficient (Wildman–Crippen LogP) is -0.861. The Bertz CT molecular complexity index is 499. The number of amides is 1. The molecule has 0 aliphatic carbocycles. The van der Waals surface area contributed by atoms with Gasteiger partial charge in [-0.05, 0) is 12.1 Å². The van der Waals surface area contributed by atoms with Gasteiger partial charge in [0.15, 0.2) is 0 Å². The summed E-state index contributed by atoms with van der Waals surface area (Å²) < 4.78 is 0. The standard InChI is InChI=1S/C8H10N6O5/c9-8(12-14(18)19)11-10-7(15)5-1-3-6(4-2-5)13(16)17/h1-4,18-19H,(H,10,15)(H3,9,11,12). The molecule has 0 unspecified atom stereocenters. The molecule has 0 atom stereocenters. The lowest BCUT2D eigenvalue weighted by atomic mass is 10.2. The summed E-state index contributed by atoms with van der Waals surface area (Å²) in [6.07, 6.45) is 0. The van der Waals surface area contributed by atoms with E-state index in [1.807, 2.05) is 5.43 Å². The second kappa shape index (κ2) is 6.25. The van der Waals surface area contributed by atoms with Crippen LogP contribution in [0, 0.1) is 10.1 Å². The van der Waals surface area contributed by atoms with Gasteiger partial charge in [0.2, 0.25) is 5.96 Å². The minimum atomic E-state index is -0.679. The van der Waals surface area contributed by atoms with Crippen LogP contribution in [0.2, 0.25) is 0 Å². The van der Waals surface area contributed by atoms with Gasteiger partial charge >= 0.3 is 0 Å². The number of rotatable bonds is 4. The topological polar surface area (TPSA) is 166 Å². The first kappa shape index (κ1) is 14.3. The van der Waals surface area contributed by atoms with Crippen molar-refractivity contribution in [2.75, 3.05) is 0 Å². The van der Waals surface area contributed by atoms with Crippen LogP contribution in [0.15, 0.2) is 29.4 Å². The number of carbonyl (C=O) groups is 1. The smallest absolute Gasteiger partial charge is 0.271 e. The van der Waals surface area contributed by atoms with E-state index in [2.05, 4.69) is 5.10 Å². The predicted molar refractivity (Wildman–Crippen MR) is 60.7 cm³/mol. The quantitative estimate of drug-likeness (QED) is 0.204. The first-order valence-corrected chi connectivity index (χ1v) is 4.72. The molecule has 0 saturated carbocycles. The summed E-state index contributed by atoms with van der Waals surface area (Å²) in [5.41, 5.74) is 8.84. The SMILES string of the molecule is NC(=NNC(=O)c1ccc([N+](=O)[O-])cc1)NN(O)O. The highest BCUT2D eigenvalue weighted by molar-refractivity contribution is 5.95. The monoisotopic (exact) mass is 270 g/mol. The number of nitro groups is 1. The number of carbonyl (C=O) groups excluding carboxylic acids is 1. The minimum Gasteiger partial charge on any atom is -0.367 e. The molecule has 0 fully saturated rings. The first-order valence-electron chi connectivity index (χ1n) is 4.72. The van der Waals surface area contributed by atoms with Gasteiger partial charge in [0.05, 0.1) is 4.92 Å². The molecule has 0 bridgehead atoms. The molecular formula is C8H10N6O5. The van der Waals surface area contributed by atoms with Crippen molar-refractivity contribution in [2.24, 2.45) is 10.8 Å². The van der Waals surface area contributed by atoms with Crippen molar-refractivity contribution < 1.29 is 20.1 Å². The molecule has 0 aliphatic heterocycles. The van der Waals surface area contributed by atoms with Crippen LogP contribution in [-0.2, 0) is 0 Å². The Labute approximate surface area is 106 Å². The molecule has 6 N–H and O–H groups in total. The second-order valence-electron chi connectivity index (χ2n) is 3.14. The van der Waals surface area contributed by atoms with Crippen molar-refractivity contribution in [1.82, 2.24) is 16.2 Å². The van der Waals surface area contributed by atoms with Crippen molar-refractivity contribution >= 4 is 17.6 Å². The van der Waals surface area contributed by atoms with Crippen LogP contribution >= 0.6 is 0 Å². The van der Waals surface area contributed by atoms with E-state index in [-0.39, 0.29) is 11.3 Å². The van der Waals surface area contributed by atoms with Gasteiger partial charge in [-0.3, -0.25) is 25.3 Å². The van der Waals surface area contributed by atoms with Gasteiger partial charge in [-0.15, -0.1) is 5.10 Å². The number of nitrogens with one attached hydrogen (secondary N) is 2. The molecule has 0 spiro atoms. The maximum Gasteiger partial charge on any atom is 0.271 e. The Kier molecular flexibility index (Phi) is 4.70. The summed E-state index contributed by atoms with van der Waals surface area (Å²) in [4.78, 5) is 21.3. The van der Waals surface area contributed by atoms with Gasteiger partial charge in [0.25, 0.3) is 11.6 Å². The summed E-state index contributed by atoms with van der Waals surface area (Å²) >= 11 is 0. The Hall–Kier alpha value is -2.76. The molecule has 0 heterocycles. The lowest BCUT2D eigenvalue weighted by Crippen LogP contribution is -2.43. The first-order chi connectivity index (χ1) is 8.90. The molecule has 1 aromatic carbocycles. The molecule has 11 heteroatoms. The van der Waals surface area contributed by atoms with Crippen LogP contribution in [0.4, 0.5) is 5.69 Å². The molecular weight excluding hydrogens is 260 g/mol. The van der Waals surface area contributed by atoms with Crippen LogP contribution in [0.25, 0.3) is 0 Å². The lowest BCUT2D eigenvalue weighted by Gasteiger charge is -2.07. The molecule has 0 aliphatic rings. The normalized spacial score (nSPS) is 11.2. The number of nitrogens with two attached hydrogens (primary N) is 1. The molecule has 0 radical (unpaired) electrons. The lowest BCUT2D eigenvalue weighted by molar-refractivity contribution is -0.384. The fraction of sp³-hybridized carbons (Fsp3) is 0. The van der Waals surface area contributed by atoms with Gasteiger partial charge < -0.3 is 5.73 Å². The third-order valence-corrected chi connectivity index (χ3v) is 1.83. The van der Waals surface area contributed by atoms with Crippen LogP contribution in [0.1, 0.15) is 10.4 Å². The van der Waals surface area contributed by atoms with Crippen LogP contribution < -0.4 is 16.6 Å². The Morgan fingerprint density at radius 2 is 1.95 bits per heavy atom. The van der Waals surface area contributed by atoms with Crippen LogP contribution in [0.3, 0.4) is 0 Å². The fourth-order valence-corrected chi connectivity index (χ4v) is 1.04. The highest BCUT2D eigenvalue weighted by Crippen LogP contribution is 2.11. The fourth-order valence-electron chi connectivity index (χ4n) is 1.04. The highest BCUT2D eigenvalue weighted by Gasteiger charge is 2.09. The number of benzene rings is 1. The van der Waals surface area contributed by atoms with E-state index in [4.69, 9.17) is 16.1 Å². The van der Waals surface area contributed by atoms with Gasteiger partial charge in [-0.2, -0.15) is 0 Å². The van der Waals surface area contributed by atoms with Crippen molar-refractivity contribution in [2.45, 2.75) is 0 Å². The molecule has 1 rings (SSSR count). The van der Waals surface area contributed by atoms with Crippen molar-refractivity contribution in [1.29, 1.82) is 0 Å². The van der Waals surface area contributed by atoms with Gasteiger partial charge in [0.1, 0.15) is 0 Å². The summed E-state index contributed by atoms with van der Waals surface area (Å²) in [6.45, 7) is 0. The summed E-state index contributed by atoms with van der Waals surface area (Å²) in [7, 11) is 0. The second-order valence-corrected chi connectivity index (χ2v) is 3.14. The van der Waals surface area contributed by atoms with Gasteiger partial charge in [-0.25, -0.2) is 10.9 Å². The molecule has 102 valence electrons. The zero-order valence-electron chi connectivity index (χ0n) is 9.35. The number of nitrogens with zero attached hydrogens (tertiary/aromatic N) is 3. The largest absolute Gasteiger partial charge is 0.367 e. The molecule has 1 amide bonds. The number of hydrogen-bond acceptors (Lipinski definition) is 7. The zero-order valence-corrected chi connectivity index (χ0v) is 9.35. The summed E-state index contributed by atoms with van der Waals surface area (Å²) in [5.74, 6) is -1.16. The van der Waals surface area contributed by atoms with E-state index in [1.54, 1.807) is 5.43 Å². The van der Waals surface area contributed by atoms with E-state index in [1.165, 1.54) is 12.1 Å². The van der Waals surface area contributed by atoms with Crippen molar-refractivity contribution in [3.8, 4) is 0 Å². The Balaban J connectivity index is 2.66. The van der Waals surface area contributed by atoms with Crippen molar-refractivity contribution in [3.63, 3.8) is 0 Å². The average molecular weight is 270 g/mol. The van der Waals surface area contributed by atoms with E-state index >= 15 is 0 Å². The van der Waals surface area contributed by atoms with E-state index in [0.29, 0.717) is 0 Å². The van der Waals surface area contributed by atoms with E-state index < -0.39 is 22.1 Å². The molecule has 0 saturated heterocycles. The van der Waals surface area contributed by atoms with E-state index in [9.17, 15) is 14.9 Å². The van der Waals surface area contributed by atoms with E-state index in [0.717, 1.165) is 12.1 Å². The average Bonchev–Trinajstić information content (AvgIpc) is 2.35. The Morgan fingerprint density at radius 1 is 1.37 bits per heavy atom. The van der Waals surface area contributed by atoms with Gasteiger partial charge in [0, 0.05) is 23.0 Å². The van der Waals surface area contributed by atoms with Crippen LogP contribution in [0.5, 0.6) is 0 Å². The van der Waals surface area contributed by atoms with Crippen LogP contribution in [-0.4, -0.2) is 32.5 Å². The number of hydrogen-bond donors (Lipinski definition) is 5. The number of hydrazine groups is 1. The van der Waals surface area contributed by atoms with Gasteiger partial charge in [-0.1, -0.05) is 0 Å². The molecule has 0 aromatic heterocycles. The Morgan fingerprint density at radius 3 is 2.42 bits per heavy atom. The van der Waals surface area contributed by atoms with Crippen molar-refractivity contribution in [3.05, 3.63) is 39.9 Å². The molecule has 1 aromatic rings. The zero-order chi connectivity index (χ0) is 14.4. The minimum absolute atomic E-state index is 0.118. The third-order valence-electron chi connectivity index (χ3n) is 1.83. The maximum absolute atomic E-state index is 11.5. The molecule has 11 nitrogen and oxygen atoms in total. The highest BCUT2D eigenvalue weighted by atomic mass is 16.8. The number of hydrazone groups is 1. The number of non-ortho nitro benzene ring substituents is 1.